The second-order valence-electron chi connectivity index (χ2n) is 3.89. The number of benzene rings is 1. The van der Waals surface area contributed by atoms with E-state index in [9.17, 15) is 28.1 Å². The number of hydrogen-bond acceptors (Lipinski definition) is 3. The first kappa shape index (κ1) is 15.6. The maximum atomic E-state index is 12.6. The monoisotopic (exact) mass is 339 g/mol. The Labute approximate surface area is 114 Å². The molecule has 0 aliphatic rings. The fourth-order valence-corrected chi connectivity index (χ4v) is 1.71. The molecule has 0 aliphatic heterocycles. The normalized spacial score (nSPS) is 13.1. The zero-order chi connectivity index (χ0) is 14.6. The van der Waals surface area contributed by atoms with Gasteiger partial charge >= 0.3 is 6.18 Å². The highest BCUT2D eigenvalue weighted by molar-refractivity contribution is 9.10. The average Bonchev–Trinajstić information content (AvgIpc) is 2.27. The minimum absolute atomic E-state index is 0.0980. The fraction of sp³-hybridized carbons (Fsp3) is 0.364. The molecule has 1 aromatic carbocycles. The number of hydrogen-bond donors (Lipinski definition) is 0. The lowest BCUT2D eigenvalue weighted by Crippen LogP contribution is -2.31. The zero-order valence-electron chi connectivity index (χ0n) is 9.48. The minimum Gasteiger partial charge on any atom is -0.294 e. The third kappa shape index (κ3) is 4.98. The summed E-state index contributed by atoms with van der Waals surface area (Å²) in [5.41, 5.74) is 0.0980. The van der Waals surface area contributed by atoms with Crippen LogP contribution in [0.25, 0.3) is 0 Å². The summed E-state index contributed by atoms with van der Waals surface area (Å²) in [6, 6.07) is 5.77. The van der Waals surface area contributed by atoms with E-state index in [1.54, 1.807) is 0 Å². The van der Waals surface area contributed by atoms with Crippen LogP contribution in [-0.4, -0.2) is 23.4 Å². The van der Waals surface area contributed by atoms with Crippen LogP contribution in [0.2, 0.25) is 0 Å². The number of halogens is 4. The highest BCUT2D eigenvalue weighted by Crippen LogP contribution is 2.30. The first-order valence-electron chi connectivity index (χ1n) is 5.17. The molecule has 0 saturated carbocycles. The zero-order valence-corrected chi connectivity index (χ0v) is 11.1. The van der Waals surface area contributed by atoms with Gasteiger partial charge in [-0.25, -0.2) is 0 Å². The van der Waals surface area contributed by atoms with Crippen molar-refractivity contribution in [1.29, 1.82) is 0 Å². The molecule has 0 aromatic heterocycles. The van der Waals surface area contributed by atoms with Gasteiger partial charge in [-0.05, 0) is 12.1 Å². The molecule has 0 fully saturated rings. The number of alkyl halides is 3. The van der Waals surface area contributed by atoms with Gasteiger partial charge in [0.15, 0.2) is 5.78 Å². The van der Waals surface area contributed by atoms with Gasteiger partial charge in [0, 0.05) is 21.4 Å². The largest absolute Gasteiger partial charge is 0.398 e. The van der Waals surface area contributed by atoms with Gasteiger partial charge in [-0.3, -0.25) is 14.9 Å². The molecule has 0 bridgehead atoms. The Hall–Kier alpha value is -1.44. The van der Waals surface area contributed by atoms with Crippen molar-refractivity contribution in [3.63, 3.8) is 0 Å². The first-order valence-corrected chi connectivity index (χ1v) is 5.96. The highest BCUT2D eigenvalue weighted by Gasteiger charge is 2.44. The van der Waals surface area contributed by atoms with Gasteiger partial charge in [-0.2, -0.15) is 13.2 Å². The summed E-state index contributed by atoms with van der Waals surface area (Å²) in [5, 5.41) is 10.2. The summed E-state index contributed by atoms with van der Waals surface area (Å²) in [5.74, 6) is -3.03. The first-order chi connectivity index (χ1) is 8.70. The van der Waals surface area contributed by atoms with Crippen LogP contribution in [0.4, 0.5) is 13.2 Å². The molecule has 8 heteroatoms. The van der Waals surface area contributed by atoms with Crippen LogP contribution in [0.3, 0.4) is 0 Å². The standard InChI is InChI=1S/C11H9BrF3NO3/c12-9-3-1-7(2-4-9)10(17)5-8(6-16(18)19)11(13,14)15/h1-4,8H,5-6H2. The Kier molecular flexibility index (Phi) is 5.04. The minimum atomic E-state index is -4.77. The van der Waals surface area contributed by atoms with Crippen molar-refractivity contribution >= 4 is 21.7 Å². The van der Waals surface area contributed by atoms with Crippen molar-refractivity contribution in [2.75, 3.05) is 6.54 Å². The van der Waals surface area contributed by atoms with E-state index in [4.69, 9.17) is 0 Å². The molecular weight excluding hydrogens is 331 g/mol. The van der Waals surface area contributed by atoms with E-state index < -0.39 is 35.8 Å². The van der Waals surface area contributed by atoms with Crippen LogP contribution < -0.4 is 0 Å². The summed E-state index contributed by atoms with van der Waals surface area (Å²) >= 11 is 3.13. The lowest BCUT2D eigenvalue weighted by molar-refractivity contribution is -0.497. The average molecular weight is 340 g/mol. The van der Waals surface area contributed by atoms with E-state index >= 15 is 0 Å². The van der Waals surface area contributed by atoms with Crippen LogP contribution in [0.15, 0.2) is 28.7 Å². The molecule has 0 heterocycles. The van der Waals surface area contributed by atoms with E-state index in [1.165, 1.54) is 24.3 Å². The quantitative estimate of drug-likeness (QED) is 0.468. The Morgan fingerprint density at radius 3 is 2.26 bits per heavy atom. The maximum absolute atomic E-state index is 12.6. The molecule has 0 radical (unpaired) electrons. The lowest BCUT2D eigenvalue weighted by atomic mass is 9.98. The van der Waals surface area contributed by atoms with Crippen molar-refractivity contribution in [3.05, 3.63) is 44.4 Å². The van der Waals surface area contributed by atoms with Crippen molar-refractivity contribution in [1.82, 2.24) is 0 Å². The van der Waals surface area contributed by atoms with Crippen LogP contribution in [0, 0.1) is 16.0 Å². The second-order valence-corrected chi connectivity index (χ2v) is 4.80. The van der Waals surface area contributed by atoms with Gasteiger partial charge in [0.2, 0.25) is 6.54 Å². The van der Waals surface area contributed by atoms with E-state index in [0.29, 0.717) is 4.47 Å². The number of carbonyl (C=O) groups is 1. The molecule has 1 aromatic rings. The summed E-state index contributed by atoms with van der Waals surface area (Å²) < 4.78 is 38.4. The molecule has 104 valence electrons. The van der Waals surface area contributed by atoms with Gasteiger partial charge < -0.3 is 0 Å². The molecule has 0 amide bonds. The molecule has 0 spiro atoms. The van der Waals surface area contributed by atoms with Crippen molar-refractivity contribution in [2.24, 2.45) is 5.92 Å². The summed E-state index contributed by atoms with van der Waals surface area (Å²) in [4.78, 5) is 20.8. The Morgan fingerprint density at radius 2 is 1.84 bits per heavy atom. The van der Waals surface area contributed by atoms with Gasteiger partial charge in [0.05, 0.1) is 0 Å². The number of ketones is 1. The molecule has 1 rings (SSSR count). The van der Waals surface area contributed by atoms with Crippen LogP contribution in [-0.2, 0) is 0 Å². The third-order valence-corrected chi connectivity index (χ3v) is 2.96. The van der Waals surface area contributed by atoms with Crippen LogP contribution in [0.1, 0.15) is 16.8 Å². The van der Waals surface area contributed by atoms with E-state index in [-0.39, 0.29) is 5.56 Å². The van der Waals surface area contributed by atoms with Crippen molar-refractivity contribution in [2.45, 2.75) is 12.6 Å². The summed E-state index contributed by atoms with van der Waals surface area (Å²) in [7, 11) is 0. The van der Waals surface area contributed by atoms with Crippen molar-refractivity contribution in [3.8, 4) is 0 Å². The van der Waals surface area contributed by atoms with E-state index in [1.807, 2.05) is 0 Å². The second kappa shape index (κ2) is 6.14. The molecule has 4 nitrogen and oxygen atoms in total. The molecule has 0 saturated heterocycles. The van der Waals surface area contributed by atoms with Crippen molar-refractivity contribution < 1.29 is 22.9 Å². The predicted octanol–water partition coefficient (Wildman–Crippen LogP) is 3.48. The highest BCUT2D eigenvalue weighted by atomic mass is 79.9. The number of rotatable bonds is 5. The third-order valence-electron chi connectivity index (χ3n) is 2.43. The summed E-state index contributed by atoms with van der Waals surface area (Å²) in [6.07, 6.45) is -5.69. The smallest absolute Gasteiger partial charge is 0.294 e. The Bertz CT molecular complexity index is 473. The van der Waals surface area contributed by atoms with Gasteiger partial charge in [0.1, 0.15) is 5.92 Å². The molecule has 19 heavy (non-hydrogen) atoms. The van der Waals surface area contributed by atoms with E-state index in [2.05, 4.69) is 15.9 Å². The molecule has 1 unspecified atom stereocenters. The molecule has 1 atom stereocenters. The maximum Gasteiger partial charge on any atom is 0.398 e. The fourth-order valence-electron chi connectivity index (χ4n) is 1.44. The predicted molar refractivity (Wildman–Crippen MR) is 64.5 cm³/mol. The molecule has 0 aliphatic carbocycles. The lowest BCUT2D eigenvalue weighted by Gasteiger charge is -2.15. The van der Waals surface area contributed by atoms with Gasteiger partial charge in [-0.1, -0.05) is 28.1 Å². The van der Waals surface area contributed by atoms with Crippen LogP contribution in [0.5, 0.6) is 0 Å². The van der Waals surface area contributed by atoms with E-state index in [0.717, 1.165) is 0 Å². The Balaban J connectivity index is 2.81. The Morgan fingerprint density at radius 1 is 1.32 bits per heavy atom. The summed E-state index contributed by atoms with van der Waals surface area (Å²) in [6.45, 7) is -1.30. The van der Waals surface area contributed by atoms with Gasteiger partial charge in [-0.15, -0.1) is 0 Å². The van der Waals surface area contributed by atoms with Gasteiger partial charge in [0.25, 0.3) is 0 Å². The topological polar surface area (TPSA) is 60.2 Å². The number of nitrogens with zero attached hydrogens (tertiary/aromatic N) is 1. The molecular formula is C11H9BrF3NO3. The molecule has 0 N–H and O–H groups in total. The number of nitro groups is 1. The number of Topliss-reactive ketones (excluding diaryl/α,β-unsaturated/α-hetero) is 1. The number of carbonyl (C=O) groups excluding carboxylic acids is 1. The van der Waals surface area contributed by atoms with Crippen LogP contribution >= 0.6 is 15.9 Å². The SMILES string of the molecule is O=C(CC(C[N+](=O)[O-])C(F)(F)F)c1ccc(Br)cc1.